The number of nitrogens with zero attached hydrogens (tertiary/aromatic N) is 3. The fraction of sp³-hybridized carbons (Fsp3) is 0.297. The highest BCUT2D eigenvalue weighted by Crippen LogP contribution is 2.36. The van der Waals surface area contributed by atoms with Crippen molar-refractivity contribution in [1.29, 1.82) is 0 Å². The molecule has 3 heterocycles. The lowest BCUT2D eigenvalue weighted by atomic mass is 9.93. The number of carbonyl (C=O) groups is 2. The number of ether oxygens (including phenoxy) is 4. The molecule has 0 N–H and O–H groups in total. The summed E-state index contributed by atoms with van der Waals surface area (Å²) in [5, 5.41) is 0. The molecule has 4 aromatic rings. The molecule has 48 heavy (non-hydrogen) atoms. The van der Waals surface area contributed by atoms with Gasteiger partial charge >= 0.3 is 5.97 Å². The van der Waals surface area contributed by atoms with Crippen LogP contribution in [0.1, 0.15) is 49.4 Å². The number of carbonyl (C=O) groups excluding carboxylic acids is 2. The zero-order valence-electron chi connectivity index (χ0n) is 27.1. The SMILES string of the molecule is CCOC(=O)C1=C(c2ccccc2)N=c2s/c(=C\c3ccc(OCC(=O)N4CCCC4)c(OC)c3)c(=O)n2[C@H]1c1ccc(OCC)cc1. The number of methoxy groups -OCH3 is 1. The third-order valence-corrected chi connectivity index (χ3v) is 9.16. The number of likely N-dealkylation sites (tertiary alicyclic amines) is 1. The van der Waals surface area contributed by atoms with E-state index >= 15 is 0 Å². The first-order valence-electron chi connectivity index (χ1n) is 16.0. The Morgan fingerprint density at radius 1 is 0.938 bits per heavy atom. The van der Waals surface area contributed by atoms with Gasteiger partial charge in [0.1, 0.15) is 5.75 Å². The van der Waals surface area contributed by atoms with Crippen LogP contribution in [0.2, 0.25) is 0 Å². The van der Waals surface area contributed by atoms with Gasteiger partial charge in [0.25, 0.3) is 11.5 Å². The Balaban J connectivity index is 1.44. The topological polar surface area (TPSA) is 109 Å². The second-order valence-corrected chi connectivity index (χ2v) is 12.2. The van der Waals surface area contributed by atoms with Gasteiger partial charge in [0.05, 0.1) is 42.2 Å². The Morgan fingerprint density at radius 2 is 1.69 bits per heavy atom. The third-order valence-electron chi connectivity index (χ3n) is 8.18. The highest BCUT2D eigenvalue weighted by atomic mass is 32.1. The van der Waals surface area contributed by atoms with Crippen LogP contribution in [0, 0.1) is 0 Å². The van der Waals surface area contributed by atoms with Crippen molar-refractivity contribution >= 4 is 35.0 Å². The van der Waals surface area contributed by atoms with E-state index in [-0.39, 0.29) is 30.3 Å². The van der Waals surface area contributed by atoms with Crippen LogP contribution in [0.25, 0.3) is 11.8 Å². The van der Waals surface area contributed by atoms with Crippen molar-refractivity contribution in [1.82, 2.24) is 9.47 Å². The van der Waals surface area contributed by atoms with Crippen LogP contribution in [0.4, 0.5) is 0 Å². The van der Waals surface area contributed by atoms with Gasteiger partial charge in [0.2, 0.25) is 0 Å². The summed E-state index contributed by atoms with van der Waals surface area (Å²) in [6, 6.07) is 21.3. The second kappa shape index (κ2) is 14.7. The van der Waals surface area contributed by atoms with E-state index in [0.29, 0.717) is 50.0 Å². The average molecular weight is 668 g/mol. The minimum Gasteiger partial charge on any atom is -0.494 e. The van der Waals surface area contributed by atoms with Gasteiger partial charge in [-0.05, 0) is 68.2 Å². The lowest BCUT2D eigenvalue weighted by molar-refractivity contribution is -0.139. The maximum atomic E-state index is 14.2. The minimum atomic E-state index is -0.799. The molecule has 1 aromatic heterocycles. The Kier molecular flexibility index (Phi) is 10.1. The van der Waals surface area contributed by atoms with Gasteiger partial charge in [0, 0.05) is 18.7 Å². The zero-order valence-corrected chi connectivity index (χ0v) is 28.0. The molecular weight excluding hydrogens is 630 g/mol. The Hall–Kier alpha value is -5.16. The van der Waals surface area contributed by atoms with Crippen molar-refractivity contribution in [3.05, 3.63) is 115 Å². The molecule has 11 heteroatoms. The smallest absolute Gasteiger partial charge is 0.338 e. The van der Waals surface area contributed by atoms with Gasteiger partial charge in [-0.1, -0.05) is 59.9 Å². The van der Waals surface area contributed by atoms with Crippen molar-refractivity contribution in [3.63, 3.8) is 0 Å². The number of amides is 1. The van der Waals surface area contributed by atoms with E-state index in [1.807, 2.05) is 61.5 Å². The number of benzene rings is 3. The number of aromatic nitrogens is 1. The molecule has 6 rings (SSSR count). The van der Waals surface area contributed by atoms with E-state index in [1.54, 1.807) is 40.7 Å². The first-order valence-corrected chi connectivity index (χ1v) is 16.8. The number of rotatable bonds is 11. The summed E-state index contributed by atoms with van der Waals surface area (Å²) in [6.07, 6.45) is 3.78. The third kappa shape index (κ3) is 6.77. The molecule has 3 aromatic carbocycles. The Morgan fingerprint density at radius 3 is 2.38 bits per heavy atom. The normalized spacial score (nSPS) is 15.9. The summed E-state index contributed by atoms with van der Waals surface area (Å²) >= 11 is 1.23. The maximum Gasteiger partial charge on any atom is 0.338 e. The first-order chi connectivity index (χ1) is 23.4. The van der Waals surface area contributed by atoms with Crippen LogP contribution >= 0.6 is 11.3 Å². The first kappa shape index (κ1) is 32.8. The summed E-state index contributed by atoms with van der Waals surface area (Å²) in [4.78, 5) is 47.6. The number of hydrogen-bond acceptors (Lipinski definition) is 9. The van der Waals surface area contributed by atoms with Crippen molar-refractivity contribution in [2.45, 2.75) is 32.7 Å². The summed E-state index contributed by atoms with van der Waals surface area (Å²) in [6.45, 7) is 5.76. The lowest BCUT2D eigenvalue weighted by Gasteiger charge is -2.26. The predicted molar refractivity (Wildman–Crippen MR) is 183 cm³/mol. The van der Waals surface area contributed by atoms with Gasteiger partial charge in [-0.2, -0.15) is 0 Å². The largest absolute Gasteiger partial charge is 0.494 e. The molecule has 0 spiro atoms. The average Bonchev–Trinajstić information content (AvgIpc) is 3.76. The number of thiazole rings is 1. The molecule has 0 saturated carbocycles. The van der Waals surface area contributed by atoms with Gasteiger partial charge in [-0.3, -0.25) is 14.2 Å². The molecule has 10 nitrogen and oxygen atoms in total. The van der Waals surface area contributed by atoms with E-state index < -0.39 is 12.0 Å². The molecule has 0 aliphatic carbocycles. The fourth-order valence-electron chi connectivity index (χ4n) is 5.91. The molecular formula is C37H37N3O7S. The summed E-state index contributed by atoms with van der Waals surface area (Å²) in [5.74, 6) is 0.954. The maximum absolute atomic E-state index is 14.2. The van der Waals surface area contributed by atoms with E-state index in [2.05, 4.69) is 0 Å². The van der Waals surface area contributed by atoms with Gasteiger partial charge in [-0.25, -0.2) is 9.79 Å². The number of esters is 1. The van der Waals surface area contributed by atoms with Crippen LogP contribution in [0.5, 0.6) is 17.2 Å². The van der Waals surface area contributed by atoms with E-state index in [0.717, 1.165) is 31.5 Å². The van der Waals surface area contributed by atoms with Crippen LogP contribution in [0.3, 0.4) is 0 Å². The number of hydrogen-bond donors (Lipinski definition) is 0. The van der Waals surface area contributed by atoms with Crippen LogP contribution in [-0.2, 0) is 14.3 Å². The molecule has 1 fully saturated rings. The quantitative estimate of drug-likeness (QED) is 0.219. The molecule has 1 saturated heterocycles. The van der Waals surface area contributed by atoms with Gasteiger partial charge in [-0.15, -0.1) is 0 Å². The molecule has 1 amide bonds. The van der Waals surface area contributed by atoms with Crippen molar-refractivity contribution in [2.75, 3.05) is 40.0 Å². The van der Waals surface area contributed by atoms with E-state index in [9.17, 15) is 14.4 Å². The molecule has 2 aliphatic rings. The minimum absolute atomic E-state index is 0.0566. The highest BCUT2D eigenvalue weighted by molar-refractivity contribution is 7.07. The summed E-state index contributed by atoms with van der Waals surface area (Å²) < 4.78 is 24.6. The zero-order chi connectivity index (χ0) is 33.6. The molecule has 0 bridgehead atoms. The molecule has 0 unspecified atom stereocenters. The van der Waals surface area contributed by atoms with Crippen molar-refractivity contribution < 1.29 is 28.5 Å². The Labute approximate surface area is 282 Å². The molecule has 2 aliphatic heterocycles. The van der Waals surface area contributed by atoms with Crippen molar-refractivity contribution in [3.8, 4) is 17.2 Å². The van der Waals surface area contributed by atoms with E-state index in [4.69, 9.17) is 23.9 Å². The summed E-state index contributed by atoms with van der Waals surface area (Å²) in [5.41, 5.74) is 2.56. The van der Waals surface area contributed by atoms with Crippen molar-refractivity contribution in [2.24, 2.45) is 4.99 Å². The summed E-state index contributed by atoms with van der Waals surface area (Å²) in [7, 11) is 1.53. The van der Waals surface area contributed by atoms with E-state index in [1.165, 1.54) is 18.4 Å². The predicted octanol–water partition coefficient (Wildman–Crippen LogP) is 4.34. The van der Waals surface area contributed by atoms with Gasteiger partial charge in [0.15, 0.2) is 22.9 Å². The van der Waals surface area contributed by atoms with Crippen LogP contribution in [-0.4, -0.2) is 61.4 Å². The fourth-order valence-corrected chi connectivity index (χ4v) is 6.91. The van der Waals surface area contributed by atoms with Crippen LogP contribution < -0.4 is 29.1 Å². The lowest BCUT2D eigenvalue weighted by Crippen LogP contribution is -2.40. The monoisotopic (exact) mass is 667 g/mol. The standard InChI is InChI=1S/C37H37N3O7S/c1-4-45-27-16-14-26(15-17-27)34-32(36(43)46-5-2)33(25-11-7-6-8-12-25)38-37-40(34)35(42)30(48-37)22-24-13-18-28(29(21-24)44-3)47-23-31(41)39-19-9-10-20-39/h6-8,11-18,21-22,34H,4-5,9-10,19-20,23H2,1-3H3/b30-22-/t34-/m0/s1. The highest BCUT2D eigenvalue weighted by Gasteiger charge is 2.35. The molecule has 1 atom stereocenters. The molecule has 0 radical (unpaired) electrons. The van der Waals surface area contributed by atoms with Crippen LogP contribution in [0.15, 0.2) is 88.2 Å². The Bertz CT molecular complexity index is 2010. The second-order valence-electron chi connectivity index (χ2n) is 11.2. The van der Waals surface area contributed by atoms with Gasteiger partial charge < -0.3 is 23.8 Å². The number of fused-ring (bicyclic) bond motifs is 1. The molecule has 248 valence electrons.